The molecule has 0 aliphatic rings. The van der Waals surface area contributed by atoms with Gasteiger partial charge in [-0.3, -0.25) is 0 Å². The maximum atomic E-state index is 10.6. The molecule has 2 atom stereocenters. The van der Waals surface area contributed by atoms with E-state index in [-0.39, 0.29) is 6.04 Å². The SMILES string of the molecule is C[C@@H](Cc1c[nH]c2ccc(OCc3ccccc3)cc12)NC[C@H](O)c1ccc2nnnn2c1. The highest BCUT2D eigenvalue weighted by atomic mass is 16.5. The van der Waals surface area contributed by atoms with Gasteiger partial charge in [-0.1, -0.05) is 36.4 Å². The second-order valence-electron chi connectivity index (χ2n) is 8.27. The van der Waals surface area contributed by atoms with Gasteiger partial charge in [0, 0.05) is 41.4 Å². The molecule has 0 aliphatic carbocycles. The summed E-state index contributed by atoms with van der Waals surface area (Å²) in [7, 11) is 0. The molecule has 0 amide bonds. The van der Waals surface area contributed by atoms with Gasteiger partial charge in [-0.2, -0.15) is 0 Å². The molecule has 8 heteroatoms. The second kappa shape index (κ2) is 9.40. The van der Waals surface area contributed by atoms with Crippen molar-refractivity contribution in [3.8, 4) is 5.75 Å². The van der Waals surface area contributed by atoms with E-state index in [1.807, 2.05) is 36.5 Å². The van der Waals surface area contributed by atoms with E-state index in [0.29, 0.717) is 18.8 Å². The van der Waals surface area contributed by atoms with Crippen molar-refractivity contribution in [1.82, 2.24) is 30.3 Å². The number of ether oxygens (including phenoxy) is 1. The van der Waals surface area contributed by atoms with Gasteiger partial charge in [0.2, 0.25) is 0 Å². The van der Waals surface area contributed by atoms with Crippen molar-refractivity contribution in [2.75, 3.05) is 6.54 Å². The van der Waals surface area contributed by atoms with Crippen LogP contribution in [0.15, 0.2) is 73.1 Å². The summed E-state index contributed by atoms with van der Waals surface area (Å²) >= 11 is 0. The molecule has 0 radical (unpaired) electrons. The lowest BCUT2D eigenvalue weighted by Gasteiger charge is -2.17. The molecule has 0 spiro atoms. The van der Waals surface area contributed by atoms with Gasteiger partial charge in [-0.05, 0) is 59.2 Å². The van der Waals surface area contributed by atoms with Crippen LogP contribution in [-0.4, -0.2) is 42.7 Å². The molecule has 0 saturated heterocycles. The summed E-state index contributed by atoms with van der Waals surface area (Å²) in [6.45, 7) is 3.09. The number of benzene rings is 2. The van der Waals surface area contributed by atoms with Crippen LogP contribution in [0.1, 0.15) is 29.7 Å². The van der Waals surface area contributed by atoms with Crippen molar-refractivity contribution in [3.05, 3.63) is 89.7 Å². The average Bonchev–Trinajstić information content (AvgIpc) is 3.48. The number of pyridine rings is 1. The van der Waals surface area contributed by atoms with Crippen LogP contribution in [-0.2, 0) is 13.0 Å². The summed E-state index contributed by atoms with van der Waals surface area (Å²) in [6, 6.07) is 20.1. The molecule has 0 aliphatic heterocycles. The molecule has 0 fully saturated rings. The molecule has 0 bridgehead atoms. The van der Waals surface area contributed by atoms with Crippen molar-refractivity contribution >= 4 is 16.6 Å². The Morgan fingerprint density at radius 3 is 2.88 bits per heavy atom. The standard InChI is InChI=1S/C25H26N6O2/c1-17(26-14-24(32)19-7-10-25-28-29-30-31(25)15-19)11-20-13-27-23-9-8-21(12-22(20)23)33-16-18-5-3-2-4-6-18/h2-10,12-13,15,17,24,26-27,32H,11,14,16H2,1H3/t17-,24-/m0/s1. The van der Waals surface area contributed by atoms with Crippen LogP contribution in [0.5, 0.6) is 5.75 Å². The molecule has 3 N–H and O–H groups in total. The second-order valence-corrected chi connectivity index (χ2v) is 8.27. The smallest absolute Gasteiger partial charge is 0.179 e. The lowest BCUT2D eigenvalue weighted by atomic mass is 10.1. The molecule has 168 valence electrons. The Balaban J connectivity index is 1.20. The zero-order valence-corrected chi connectivity index (χ0v) is 18.3. The van der Waals surface area contributed by atoms with Crippen LogP contribution in [0.2, 0.25) is 0 Å². The predicted octanol–water partition coefficient (Wildman–Crippen LogP) is 3.44. The molecular formula is C25H26N6O2. The number of aliphatic hydroxyl groups is 1. The Morgan fingerprint density at radius 2 is 2.00 bits per heavy atom. The van der Waals surface area contributed by atoms with Gasteiger partial charge in [0.1, 0.15) is 12.4 Å². The fraction of sp³-hybridized carbons (Fsp3) is 0.240. The number of fused-ring (bicyclic) bond motifs is 2. The number of aliphatic hydroxyl groups excluding tert-OH is 1. The molecule has 5 aromatic rings. The Morgan fingerprint density at radius 1 is 1.12 bits per heavy atom. The average molecular weight is 443 g/mol. The Labute approximate surface area is 191 Å². The highest BCUT2D eigenvalue weighted by Gasteiger charge is 2.13. The van der Waals surface area contributed by atoms with Gasteiger partial charge in [0.05, 0.1) is 6.10 Å². The van der Waals surface area contributed by atoms with Crippen LogP contribution < -0.4 is 10.1 Å². The quantitative estimate of drug-likeness (QED) is 0.323. The molecular weight excluding hydrogens is 416 g/mol. The van der Waals surface area contributed by atoms with Crippen molar-refractivity contribution in [1.29, 1.82) is 0 Å². The lowest BCUT2D eigenvalue weighted by Crippen LogP contribution is -2.32. The maximum absolute atomic E-state index is 10.6. The number of aromatic amines is 1. The first-order valence-electron chi connectivity index (χ1n) is 11.0. The van der Waals surface area contributed by atoms with E-state index in [0.717, 1.165) is 34.2 Å². The topological polar surface area (TPSA) is 100 Å². The molecule has 0 saturated carbocycles. The first-order valence-corrected chi connectivity index (χ1v) is 11.0. The third-order valence-corrected chi connectivity index (χ3v) is 5.77. The minimum absolute atomic E-state index is 0.171. The minimum atomic E-state index is -0.651. The third-order valence-electron chi connectivity index (χ3n) is 5.77. The Kier molecular flexibility index (Phi) is 6.01. The molecule has 0 unspecified atom stereocenters. The largest absolute Gasteiger partial charge is 0.489 e. The maximum Gasteiger partial charge on any atom is 0.179 e. The van der Waals surface area contributed by atoms with Crippen molar-refractivity contribution < 1.29 is 9.84 Å². The van der Waals surface area contributed by atoms with Gasteiger partial charge in [-0.15, -0.1) is 5.10 Å². The summed E-state index contributed by atoms with van der Waals surface area (Å²) in [5.41, 5.74) is 4.85. The first-order chi connectivity index (χ1) is 16.2. The first kappa shape index (κ1) is 21.1. The predicted molar refractivity (Wildman–Crippen MR) is 126 cm³/mol. The normalized spacial score (nSPS) is 13.4. The fourth-order valence-corrected chi connectivity index (χ4v) is 3.94. The van der Waals surface area contributed by atoms with Gasteiger partial charge >= 0.3 is 0 Å². The van der Waals surface area contributed by atoms with Gasteiger partial charge < -0.3 is 20.1 Å². The minimum Gasteiger partial charge on any atom is -0.489 e. The number of tetrazole rings is 1. The van der Waals surface area contributed by atoms with Gasteiger partial charge in [0.15, 0.2) is 5.65 Å². The molecule has 5 rings (SSSR count). The van der Waals surface area contributed by atoms with E-state index in [9.17, 15) is 5.11 Å². The van der Waals surface area contributed by atoms with E-state index < -0.39 is 6.10 Å². The summed E-state index contributed by atoms with van der Waals surface area (Å²) < 4.78 is 7.56. The van der Waals surface area contributed by atoms with Crippen LogP contribution >= 0.6 is 0 Å². The zero-order chi connectivity index (χ0) is 22.6. The number of rotatable bonds is 9. The third kappa shape index (κ3) is 4.87. The molecule has 33 heavy (non-hydrogen) atoms. The summed E-state index contributed by atoms with van der Waals surface area (Å²) in [5.74, 6) is 0.848. The molecule has 3 heterocycles. The van der Waals surface area contributed by atoms with E-state index in [1.54, 1.807) is 16.8 Å². The van der Waals surface area contributed by atoms with Crippen molar-refractivity contribution in [2.24, 2.45) is 0 Å². The summed E-state index contributed by atoms with van der Waals surface area (Å²) in [4.78, 5) is 3.35. The van der Waals surface area contributed by atoms with Crippen molar-refractivity contribution in [2.45, 2.75) is 32.1 Å². The molecule has 3 aromatic heterocycles. The number of hydrogen-bond acceptors (Lipinski definition) is 6. The van der Waals surface area contributed by atoms with Gasteiger partial charge in [-0.25, -0.2) is 4.52 Å². The summed E-state index contributed by atoms with van der Waals surface area (Å²) in [5, 5.41) is 26.6. The summed E-state index contributed by atoms with van der Waals surface area (Å²) in [6.07, 6.45) is 3.97. The Hall–Kier alpha value is -3.75. The van der Waals surface area contributed by atoms with E-state index >= 15 is 0 Å². The van der Waals surface area contributed by atoms with E-state index in [2.05, 4.69) is 57.0 Å². The van der Waals surface area contributed by atoms with Gasteiger partial charge in [0.25, 0.3) is 0 Å². The number of hydrogen-bond donors (Lipinski definition) is 3. The Bertz CT molecular complexity index is 1350. The fourth-order valence-electron chi connectivity index (χ4n) is 3.94. The van der Waals surface area contributed by atoms with Crippen LogP contribution in [0.3, 0.4) is 0 Å². The monoisotopic (exact) mass is 442 g/mol. The van der Waals surface area contributed by atoms with Crippen LogP contribution in [0, 0.1) is 0 Å². The highest BCUT2D eigenvalue weighted by Crippen LogP contribution is 2.25. The lowest BCUT2D eigenvalue weighted by molar-refractivity contribution is 0.170. The van der Waals surface area contributed by atoms with Crippen LogP contribution in [0.4, 0.5) is 0 Å². The van der Waals surface area contributed by atoms with E-state index in [4.69, 9.17) is 4.74 Å². The van der Waals surface area contributed by atoms with Crippen molar-refractivity contribution in [3.63, 3.8) is 0 Å². The number of nitrogens with one attached hydrogen (secondary N) is 2. The van der Waals surface area contributed by atoms with Crippen LogP contribution in [0.25, 0.3) is 16.6 Å². The number of H-pyrrole nitrogens is 1. The molecule has 8 nitrogen and oxygen atoms in total. The molecule has 2 aromatic carbocycles. The highest BCUT2D eigenvalue weighted by molar-refractivity contribution is 5.84. The number of nitrogens with zero attached hydrogens (tertiary/aromatic N) is 4. The van der Waals surface area contributed by atoms with E-state index in [1.165, 1.54) is 5.56 Å². The number of aromatic nitrogens is 5. The zero-order valence-electron chi connectivity index (χ0n) is 18.3.